The van der Waals surface area contributed by atoms with Crippen LogP contribution < -0.4 is 26.0 Å². The van der Waals surface area contributed by atoms with Crippen molar-refractivity contribution >= 4 is 29.2 Å². The number of nitrogens with one attached hydrogen (secondary N) is 2. The Morgan fingerprint density at radius 1 is 1.22 bits per heavy atom. The van der Waals surface area contributed by atoms with Crippen LogP contribution in [0.4, 0.5) is 11.5 Å². The molecule has 0 spiro atoms. The van der Waals surface area contributed by atoms with Crippen LogP contribution in [-0.2, 0) is 14.4 Å². The number of amides is 3. The number of aromatic nitrogens is 1. The van der Waals surface area contributed by atoms with Crippen molar-refractivity contribution in [2.45, 2.75) is 32.2 Å². The Bertz CT molecular complexity index is 946. The van der Waals surface area contributed by atoms with E-state index in [2.05, 4.69) is 15.6 Å². The van der Waals surface area contributed by atoms with Gasteiger partial charge in [0.1, 0.15) is 11.6 Å². The van der Waals surface area contributed by atoms with E-state index in [1.807, 2.05) is 23.1 Å². The number of piperidine rings is 1. The maximum atomic E-state index is 12.6. The fourth-order valence-electron chi connectivity index (χ4n) is 3.80. The summed E-state index contributed by atoms with van der Waals surface area (Å²) in [5.41, 5.74) is 6.81. The van der Waals surface area contributed by atoms with Crippen molar-refractivity contribution in [1.82, 2.24) is 10.3 Å². The Labute approximate surface area is 187 Å². The molecule has 0 bridgehead atoms. The van der Waals surface area contributed by atoms with Crippen LogP contribution in [0.1, 0.15) is 37.8 Å². The standard InChI is InChI=1S/C23H29N5O4/c1-15(29)26-20(16-5-8-19(32-2)9-6-16)12-22(30)27-18-7-10-21(25-13-18)28-11-3-4-17(14-28)23(24)31/h5-10,13,17,20H,3-4,11-12,14H2,1-2H3,(H2,24,31)(H,26,29)(H,27,30). The van der Waals surface area contributed by atoms with Crippen LogP contribution in [0.2, 0.25) is 0 Å². The molecule has 1 saturated heterocycles. The zero-order chi connectivity index (χ0) is 23.1. The van der Waals surface area contributed by atoms with E-state index in [-0.39, 0.29) is 30.1 Å². The third kappa shape index (κ3) is 6.19. The lowest BCUT2D eigenvalue weighted by Crippen LogP contribution is -2.41. The van der Waals surface area contributed by atoms with Crippen molar-refractivity contribution in [3.05, 3.63) is 48.2 Å². The molecule has 1 aliphatic rings. The lowest BCUT2D eigenvalue weighted by Gasteiger charge is -2.32. The van der Waals surface area contributed by atoms with Crippen molar-refractivity contribution in [1.29, 1.82) is 0 Å². The minimum absolute atomic E-state index is 0.0695. The lowest BCUT2D eigenvalue weighted by molar-refractivity contribution is -0.122. The van der Waals surface area contributed by atoms with E-state index >= 15 is 0 Å². The number of methoxy groups -OCH3 is 1. The molecular formula is C23H29N5O4. The van der Waals surface area contributed by atoms with E-state index < -0.39 is 6.04 Å². The van der Waals surface area contributed by atoms with E-state index in [1.165, 1.54) is 6.92 Å². The molecule has 1 aromatic heterocycles. The molecule has 3 rings (SSSR count). The van der Waals surface area contributed by atoms with E-state index in [1.54, 1.807) is 31.5 Å². The quantitative estimate of drug-likeness (QED) is 0.577. The molecular weight excluding hydrogens is 410 g/mol. The molecule has 1 aromatic carbocycles. The first-order valence-electron chi connectivity index (χ1n) is 10.6. The highest BCUT2D eigenvalue weighted by atomic mass is 16.5. The molecule has 9 heteroatoms. The van der Waals surface area contributed by atoms with Crippen molar-refractivity contribution in [2.24, 2.45) is 11.7 Å². The summed E-state index contributed by atoms with van der Waals surface area (Å²) in [6.45, 7) is 2.78. The molecule has 0 saturated carbocycles. The molecule has 2 heterocycles. The molecule has 2 atom stereocenters. The molecule has 0 aliphatic carbocycles. The van der Waals surface area contributed by atoms with Gasteiger partial charge in [-0.15, -0.1) is 0 Å². The Balaban J connectivity index is 1.62. The molecule has 0 radical (unpaired) electrons. The SMILES string of the molecule is COc1ccc(C(CC(=O)Nc2ccc(N3CCCC(C(N)=O)C3)nc2)NC(C)=O)cc1. The number of primary amides is 1. The average Bonchev–Trinajstić information content (AvgIpc) is 2.79. The summed E-state index contributed by atoms with van der Waals surface area (Å²) >= 11 is 0. The monoisotopic (exact) mass is 439 g/mol. The Morgan fingerprint density at radius 3 is 2.56 bits per heavy atom. The highest BCUT2D eigenvalue weighted by Gasteiger charge is 2.24. The number of hydrogen-bond acceptors (Lipinski definition) is 6. The van der Waals surface area contributed by atoms with Gasteiger partial charge in [-0.2, -0.15) is 0 Å². The van der Waals surface area contributed by atoms with Gasteiger partial charge in [0.05, 0.1) is 37.4 Å². The molecule has 3 amide bonds. The van der Waals surface area contributed by atoms with Crippen LogP contribution in [0.25, 0.3) is 0 Å². The number of anilines is 2. The zero-order valence-electron chi connectivity index (χ0n) is 18.3. The number of rotatable bonds is 8. The molecule has 9 nitrogen and oxygen atoms in total. The maximum absolute atomic E-state index is 12.6. The summed E-state index contributed by atoms with van der Waals surface area (Å²) in [6, 6.07) is 10.3. The minimum Gasteiger partial charge on any atom is -0.497 e. The summed E-state index contributed by atoms with van der Waals surface area (Å²) in [6.07, 6.45) is 3.33. The predicted octanol–water partition coefficient (Wildman–Crippen LogP) is 2.00. The molecule has 170 valence electrons. The van der Waals surface area contributed by atoms with Gasteiger partial charge < -0.3 is 26.0 Å². The summed E-state index contributed by atoms with van der Waals surface area (Å²) in [5.74, 6) is 0.504. The van der Waals surface area contributed by atoms with Crippen molar-refractivity contribution in [3.63, 3.8) is 0 Å². The largest absolute Gasteiger partial charge is 0.497 e. The fraction of sp³-hybridized carbons (Fsp3) is 0.391. The Morgan fingerprint density at radius 2 is 1.97 bits per heavy atom. The number of nitrogens with two attached hydrogens (primary N) is 1. The molecule has 1 aliphatic heterocycles. The van der Waals surface area contributed by atoms with E-state index in [0.717, 1.165) is 30.8 Å². The van der Waals surface area contributed by atoms with Gasteiger partial charge in [0.25, 0.3) is 0 Å². The van der Waals surface area contributed by atoms with Gasteiger partial charge in [-0.25, -0.2) is 4.98 Å². The van der Waals surface area contributed by atoms with Gasteiger partial charge in [-0.1, -0.05) is 12.1 Å². The van der Waals surface area contributed by atoms with Crippen molar-refractivity contribution < 1.29 is 19.1 Å². The summed E-state index contributed by atoms with van der Waals surface area (Å²) in [5, 5.41) is 5.64. The molecule has 2 aromatic rings. The zero-order valence-corrected chi connectivity index (χ0v) is 18.3. The average molecular weight is 440 g/mol. The molecule has 1 fully saturated rings. The second-order valence-corrected chi connectivity index (χ2v) is 7.87. The third-order valence-electron chi connectivity index (χ3n) is 5.46. The van der Waals surface area contributed by atoms with E-state index in [4.69, 9.17) is 10.5 Å². The smallest absolute Gasteiger partial charge is 0.226 e. The highest BCUT2D eigenvalue weighted by molar-refractivity contribution is 5.91. The second kappa shape index (κ2) is 10.6. The van der Waals surface area contributed by atoms with Crippen LogP contribution in [0.3, 0.4) is 0 Å². The number of hydrogen-bond donors (Lipinski definition) is 3. The van der Waals surface area contributed by atoms with Crippen molar-refractivity contribution in [2.75, 3.05) is 30.4 Å². The van der Waals surface area contributed by atoms with Crippen LogP contribution in [0, 0.1) is 5.92 Å². The van der Waals surface area contributed by atoms with Gasteiger partial charge in [0.2, 0.25) is 17.7 Å². The summed E-state index contributed by atoms with van der Waals surface area (Å²) in [7, 11) is 1.58. The second-order valence-electron chi connectivity index (χ2n) is 7.87. The molecule has 32 heavy (non-hydrogen) atoms. The number of pyridine rings is 1. The number of ether oxygens (including phenoxy) is 1. The first-order chi connectivity index (χ1) is 15.4. The van der Waals surface area contributed by atoms with Gasteiger partial charge in [0.15, 0.2) is 0 Å². The molecule has 4 N–H and O–H groups in total. The van der Waals surface area contributed by atoms with E-state index in [9.17, 15) is 14.4 Å². The first kappa shape index (κ1) is 23.1. The number of nitrogens with zero attached hydrogens (tertiary/aromatic N) is 2. The maximum Gasteiger partial charge on any atom is 0.226 e. The first-order valence-corrected chi connectivity index (χ1v) is 10.6. The third-order valence-corrected chi connectivity index (χ3v) is 5.46. The highest BCUT2D eigenvalue weighted by Crippen LogP contribution is 2.24. The number of benzene rings is 1. The van der Waals surface area contributed by atoms with Crippen LogP contribution in [0.5, 0.6) is 5.75 Å². The predicted molar refractivity (Wildman–Crippen MR) is 121 cm³/mol. The van der Waals surface area contributed by atoms with Crippen molar-refractivity contribution in [3.8, 4) is 5.75 Å². The van der Waals surface area contributed by atoms with E-state index in [0.29, 0.717) is 18.0 Å². The van der Waals surface area contributed by atoms with Gasteiger partial charge in [-0.3, -0.25) is 14.4 Å². The lowest BCUT2D eigenvalue weighted by atomic mass is 9.97. The minimum atomic E-state index is -0.468. The Kier molecular flexibility index (Phi) is 7.64. The topological polar surface area (TPSA) is 127 Å². The van der Waals surface area contributed by atoms with Crippen LogP contribution in [-0.4, -0.2) is 42.9 Å². The molecule has 2 unspecified atom stereocenters. The van der Waals surface area contributed by atoms with Gasteiger partial charge in [0, 0.05) is 20.0 Å². The normalized spacial score (nSPS) is 16.7. The number of carbonyl (C=O) groups is 3. The number of carbonyl (C=O) groups excluding carboxylic acids is 3. The summed E-state index contributed by atoms with van der Waals surface area (Å²) < 4.78 is 5.16. The Hall–Kier alpha value is -3.62. The fourth-order valence-corrected chi connectivity index (χ4v) is 3.80. The van der Waals surface area contributed by atoms with Gasteiger partial charge >= 0.3 is 0 Å². The summed E-state index contributed by atoms with van der Waals surface area (Å²) in [4.78, 5) is 42.2. The van der Waals surface area contributed by atoms with Crippen LogP contribution in [0.15, 0.2) is 42.6 Å². The van der Waals surface area contributed by atoms with Gasteiger partial charge in [-0.05, 0) is 42.7 Å². The van der Waals surface area contributed by atoms with Crippen LogP contribution >= 0.6 is 0 Å².